The average molecular weight is 464 g/mol. The fraction of sp³-hybridized carbons (Fsp3) is 0.429. The minimum atomic E-state index is -0.240. The fourth-order valence-electron chi connectivity index (χ4n) is 4.19. The number of piperidine rings is 1. The van der Waals surface area contributed by atoms with Crippen molar-refractivity contribution in [2.75, 3.05) is 18.4 Å². The van der Waals surface area contributed by atoms with Crippen LogP contribution in [0.1, 0.15) is 47.9 Å². The quantitative estimate of drug-likeness (QED) is 0.617. The number of carbonyl (C=O) groups is 1. The molecule has 1 aromatic carbocycles. The highest BCUT2D eigenvalue weighted by atomic mass is 35.5. The number of anilines is 1. The molecule has 5 rings (SSSR count). The Hall–Kier alpha value is -2.42. The third-order valence-corrected chi connectivity index (χ3v) is 5.83. The topological polar surface area (TPSA) is 89.7 Å². The van der Waals surface area contributed by atoms with Gasteiger partial charge in [-0.2, -0.15) is 0 Å². The molecule has 1 amide bonds. The van der Waals surface area contributed by atoms with Gasteiger partial charge in [-0.3, -0.25) is 4.79 Å². The van der Waals surface area contributed by atoms with Gasteiger partial charge >= 0.3 is 0 Å². The average Bonchev–Trinajstić information content (AvgIpc) is 3.43. The number of halogens is 2. The molecule has 0 saturated carbocycles. The van der Waals surface area contributed by atoms with Crippen molar-refractivity contribution in [1.29, 1.82) is 0 Å². The smallest absolute Gasteiger partial charge is 0.277 e. The zero-order chi connectivity index (χ0) is 19.6. The summed E-state index contributed by atoms with van der Waals surface area (Å²) in [7, 11) is 0. The van der Waals surface area contributed by atoms with Gasteiger partial charge in [-0.1, -0.05) is 5.21 Å². The van der Waals surface area contributed by atoms with Crippen LogP contribution >= 0.6 is 24.8 Å². The number of nitrogens with zero attached hydrogens (tertiary/aromatic N) is 5. The van der Waals surface area contributed by atoms with Gasteiger partial charge in [-0.25, -0.2) is 9.67 Å². The summed E-state index contributed by atoms with van der Waals surface area (Å²) in [5, 5.41) is 14.5. The van der Waals surface area contributed by atoms with E-state index in [0.29, 0.717) is 11.7 Å². The summed E-state index contributed by atoms with van der Waals surface area (Å²) in [5.74, 6) is 0.763. The molecular formula is C21H27Cl2N7O. The van der Waals surface area contributed by atoms with Crippen LogP contribution in [0.2, 0.25) is 0 Å². The maximum Gasteiger partial charge on any atom is 0.277 e. The zero-order valence-corrected chi connectivity index (χ0v) is 18.8. The molecule has 2 aliphatic heterocycles. The van der Waals surface area contributed by atoms with Gasteiger partial charge in [-0.15, -0.1) is 29.9 Å². The molecule has 166 valence electrons. The van der Waals surface area contributed by atoms with E-state index in [1.165, 1.54) is 18.5 Å². The highest BCUT2D eigenvalue weighted by Gasteiger charge is 2.19. The normalized spacial score (nSPS) is 16.0. The van der Waals surface area contributed by atoms with Crippen LogP contribution in [0.5, 0.6) is 0 Å². The lowest BCUT2D eigenvalue weighted by molar-refractivity contribution is 0.102. The Kier molecular flexibility index (Phi) is 7.69. The largest absolute Gasteiger partial charge is 0.328 e. The van der Waals surface area contributed by atoms with E-state index < -0.39 is 0 Å². The Morgan fingerprint density at radius 1 is 1.10 bits per heavy atom. The van der Waals surface area contributed by atoms with E-state index in [0.717, 1.165) is 56.0 Å². The zero-order valence-electron chi connectivity index (χ0n) is 17.2. The molecule has 1 saturated heterocycles. The first-order valence-electron chi connectivity index (χ1n) is 10.4. The van der Waals surface area contributed by atoms with Crippen LogP contribution in [0.3, 0.4) is 0 Å². The molecule has 2 N–H and O–H groups in total. The molecule has 2 aliphatic rings. The number of fused-ring (bicyclic) bond motifs is 1. The highest BCUT2D eigenvalue weighted by Crippen LogP contribution is 2.25. The lowest BCUT2D eigenvalue weighted by atomic mass is 10.1. The van der Waals surface area contributed by atoms with E-state index in [4.69, 9.17) is 0 Å². The number of hydrogen-bond acceptors (Lipinski definition) is 5. The van der Waals surface area contributed by atoms with Crippen LogP contribution in [-0.2, 0) is 13.0 Å². The van der Waals surface area contributed by atoms with Gasteiger partial charge < -0.3 is 15.2 Å². The summed E-state index contributed by atoms with van der Waals surface area (Å²) < 4.78 is 4.12. The second-order valence-corrected chi connectivity index (χ2v) is 7.78. The van der Waals surface area contributed by atoms with Crippen LogP contribution in [0.25, 0.3) is 11.4 Å². The van der Waals surface area contributed by atoms with Crippen LogP contribution in [0, 0.1) is 0 Å². The minimum Gasteiger partial charge on any atom is -0.328 e. The standard InChI is InChI=1S/C21H25N7O.2ClH/c29-21(19-14-28(26-25-19)17-8-10-22-11-9-17)24-16-6-4-15(5-7-16)20-23-13-18-3-1-2-12-27(18)20;;/h4-7,13-14,17,22H,1-3,8-12H2,(H,24,29);2*1H. The number of hydrogen-bond donors (Lipinski definition) is 2. The SMILES string of the molecule is Cl.Cl.O=C(Nc1ccc(-c2ncc3n2CCCC3)cc1)c1cn(C2CCNCC2)nn1. The highest BCUT2D eigenvalue weighted by molar-refractivity contribution is 6.02. The van der Waals surface area contributed by atoms with Crippen molar-refractivity contribution in [1.82, 2.24) is 29.9 Å². The number of imidazole rings is 1. The Balaban J connectivity index is 0.00000136. The van der Waals surface area contributed by atoms with Crippen LogP contribution in [-0.4, -0.2) is 43.5 Å². The van der Waals surface area contributed by atoms with Gasteiger partial charge in [0.1, 0.15) is 5.82 Å². The summed E-state index contributed by atoms with van der Waals surface area (Å²) in [4.78, 5) is 17.2. The molecule has 1 fully saturated rings. The van der Waals surface area contributed by atoms with Crippen molar-refractivity contribution in [3.8, 4) is 11.4 Å². The van der Waals surface area contributed by atoms with E-state index in [1.807, 2.05) is 35.1 Å². The molecule has 0 unspecified atom stereocenters. The van der Waals surface area contributed by atoms with Crippen molar-refractivity contribution < 1.29 is 4.79 Å². The van der Waals surface area contributed by atoms with E-state index in [-0.39, 0.29) is 30.7 Å². The Morgan fingerprint density at radius 2 is 1.87 bits per heavy atom. The fourth-order valence-corrected chi connectivity index (χ4v) is 4.19. The van der Waals surface area contributed by atoms with Crippen molar-refractivity contribution in [2.45, 2.75) is 44.7 Å². The Bertz CT molecular complexity index is 1010. The summed E-state index contributed by atoms with van der Waals surface area (Å²) in [5.41, 5.74) is 3.45. The number of amides is 1. The summed E-state index contributed by atoms with van der Waals surface area (Å²) in [6, 6.07) is 8.14. The molecule has 31 heavy (non-hydrogen) atoms. The second-order valence-electron chi connectivity index (χ2n) is 7.78. The first kappa shape index (κ1) is 23.2. The van der Waals surface area contributed by atoms with E-state index in [1.54, 1.807) is 6.20 Å². The number of nitrogens with one attached hydrogen (secondary N) is 2. The number of aryl methyl sites for hydroxylation is 1. The van der Waals surface area contributed by atoms with Crippen LogP contribution in [0.4, 0.5) is 5.69 Å². The third-order valence-electron chi connectivity index (χ3n) is 5.83. The van der Waals surface area contributed by atoms with Gasteiger partial charge in [0.25, 0.3) is 5.91 Å². The summed E-state index contributed by atoms with van der Waals surface area (Å²) >= 11 is 0. The van der Waals surface area contributed by atoms with E-state index in [9.17, 15) is 4.79 Å². The maximum atomic E-state index is 12.6. The third kappa shape index (κ3) is 4.92. The second kappa shape index (κ2) is 10.3. The van der Waals surface area contributed by atoms with Crippen molar-refractivity contribution >= 4 is 36.4 Å². The molecule has 3 aromatic rings. The number of carbonyl (C=O) groups excluding carboxylic acids is 1. The predicted octanol–water partition coefficient (Wildman–Crippen LogP) is 3.50. The monoisotopic (exact) mass is 463 g/mol. The minimum absolute atomic E-state index is 0. The predicted molar refractivity (Wildman–Crippen MR) is 124 cm³/mol. The number of rotatable bonds is 4. The number of benzene rings is 1. The molecule has 4 heterocycles. The van der Waals surface area contributed by atoms with Crippen LogP contribution in [0.15, 0.2) is 36.7 Å². The molecule has 8 nitrogen and oxygen atoms in total. The molecule has 10 heteroatoms. The molecule has 0 atom stereocenters. The van der Waals surface area contributed by atoms with Gasteiger partial charge in [-0.05, 0) is 69.5 Å². The Labute approximate surface area is 193 Å². The lowest BCUT2D eigenvalue weighted by Gasteiger charge is -2.22. The maximum absolute atomic E-state index is 12.6. The van der Waals surface area contributed by atoms with Gasteiger partial charge in [0.05, 0.1) is 12.2 Å². The van der Waals surface area contributed by atoms with Crippen molar-refractivity contribution in [3.05, 3.63) is 48.0 Å². The van der Waals surface area contributed by atoms with Crippen molar-refractivity contribution in [2.24, 2.45) is 0 Å². The molecule has 0 spiro atoms. The van der Waals surface area contributed by atoms with Crippen LogP contribution < -0.4 is 10.6 Å². The van der Waals surface area contributed by atoms with Crippen molar-refractivity contribution in [3.63, 3.8) is 0 Å². The summed E-state index contributed by atoms with van der Waals surface area (Å²) in [6.07, 6.45) is 9.26. The first-order chi connectivity index (χ1) is 14.3. The molecule has 2 aromatic heterocycles. The van der Waals surface area contributed by atoms with Gasteiger partial charge in [0, 0.05) is 29.7 Å². The molecule has 0 radical (unpaired) electrons. The lowest BCUT2D eigenvalue weighted by Crippen LogP contribution is -2.29. The number of aromatic nitrogens is 5. The molecule has 0 aliphatic carbocycles. The van der Waals surface area contributed by atoms with Gasteiger partial charge in [0.15, 0.2) is 5.69 Å². The molecular weight excluding hydrogens is 437 g/mol. The van der Waals surface area contributed by atoms with E-state index in [2.05, 4.69) is 30.5 Å². The summed E-state index contributed by atoms with van der Waals surface area (Å²) in [6.45, 7) is 2.96. The Morgan fingerprint density at radius 3 is 2.65 bits per heavy atom. The van der Waals surface area contributed by atoms with Gasteiger partial charge in [0.2, 0.25) is 0 Å². The van der Waals surface area contributed by atoms with E-state index >= 15 is 0 Å². The molecule has 0 bridgehead atoms. The first-order valence-corrected chi connectivity index (χ1v) is 10.4.